The number of unbranched alkanes of at least 4 members (excludes halogenated alkanes) is 7. The molecule has 0 aliphatic rings. The van der Waals surface area contributed by atoms with Crippen LogP contribution in [0.1, 0.15) is 51.4 Å². The molecule has 50 heavy (non-hydrogen) atoms. The van der Waals surface area contributed by atoms with E-state index in [2.05, 4.69) is 213 Å². The Labute approximate surface area is 317 Å². The van der Waals surface area contributed by atoms with Crippen LogP contribution in [0.25, 0.3) is 0 Å². The first-order valence-electron chi connectivity index (χ1n) is 18.3. The molecule has 6 rings (SSSR count). The number of rotatable bonds is 17. The third kappa shape index (κ3) is 7.25. The Kier molecular flexibility index (Phi) is 12.3. The third-order valence-electron chi connectivity index (χ3n) is 10.7. The van der Waals surface area contributed by atoms with Crippen molar-refractivity contribution in [3.8, 4) is 0 Å². The molecule has 0 fully saturated rings. The minimum absolute atomic E-state index is 1.13. The summed E-state index contributed by atoms with van der Waals surface area (Å²) in [4.78, 5) is 0. The molecule has 0 heterocycles. The van der Waals surface area contributed by atoms with Crippen molar-refractivity contribution in [3.05, 3.63) is 182 Å². The van der Waals surface area contributed by atoms with Gasteiger partial charge in [0.25, 0.3) is 0 Å². The van der Waals surface area contributed by atoms with Crippen molar-refractivity contribution < 1.29 is 0 Å². The fraction of sp³-hybridized carbons (Fsp3) is 0.217. The van der Waals surface area contributed by atoms with Gasteiger partial charge in [-0.15, -0.1) is 0 Å². The second kappa shape index (κ2) is 16.7. The zero-order valence-corrected chi connectivity index (χ0v) is 34.0. The van der Waals surface area contributed by atoms with Crippen LogP contribution in [-0.4, -0.2) is 12.3 Å². The molecule has 0 nitrogen and oxygen atoms in total. The van der Waals surface area contributed by atoms with Gasteiger partial charge in [-0.25, -0.2) is 0 Å². The minimum atomic E-state index is -2.82. The normalized spacial score (nSPS) is 13.5. The van der Waals surface area contributed by atoms with Gasteiger partial charge in [0.2, 0.25) is 0 Å². The Morgan fingerprint density at radius 2 is 0.400 bits per heavy atom. The van der Waals surface area contributed by atoms with E-state index in [1.54, 1.807) is 0 Å². The molecular weight excluding hydrogens is 774 g/mol. The maximum atomic E-state index is 4.63. The van der Waals surface area contributed by atoms with Crippen molar-refractivity contribution in [1.82, 2.24) is 0 Å². The quantitative estimate of drug-likeness (QED) is 0.0635. The summed E-state index contributed by atoms with van der Waals surface area (Å²) in [7, 11) is 0. The molecule has 0 N–H and O–H groups in total. The molecule has 0 saturated carbocycles. The summed E-state index contributed by atoms with van der Waals surface area (Å²) in [6.07, 6.45) is 12.3. The van der Waals surface area contributed by atoms with E-state index < -0.39 is 10.6 Å². The van der Waals surface area contributed by atoms with Gasteiger partial charge < -0.3 is 0 Å². The molecule has 6 aromatic carbocycles. The topological polar surface area (TPSA) is 0 Å². The van der Waals surface area contributed by atoms with Crippen molar-refractivity contribution in [1.29, 1.82) is 0 Å². The summed E-state index contributed by atoms with van der Waals surface area (Å²) in [5, 5.41) is 2.86. The number of halogens is 2. The number of benzene rings is 6. The number of hydrogen-bond donors (Lipinski definition) is 0. The summed E-state index contributed by atoms with van der Waals surface area (Å²) < 4.78 is 0. The first-order valence-corrected chi connectivity index (χ1v) is 27.2. The van der Waals surface area contributed by atoms with Gasteiger partial charge >= 0.3 is 319 Å². The molecule has 0 aliphatic carbocycles. The number of hydrogen-bond acceptors (Lipinski definition) is 0. The third-order valence-corrected chi connectivity index (χ3v) is 30.7. The molecule has 0 radical (unpaired) electrons. The van der Waals surface area contributed by atoms with Gasteiger partial charge in [-0.3, -0.25) is 0 Å². The molecule has 6 aromatic rings. The summed E-state index contributed by atoms with van der Waals surface area (Å²) in [6, 6.07) is 67.3. The Balaban J connectivity index is 1.09. The Morgan fingerprint density at radius 3 is 0.580 bits per heavy atom. The molecule has 258 valence electrons. The fourth-order valence-corrected chi connectivity index (χ4v) is 23.5. The van der Waals surface area contributed by atoms with Crippen molar-refractivity contribution >= 4 is 73.4 Å². The molecule has 0 aliphatic heterocycles. The van der Waals surface area contributed by atoms with Crippen molar-refractivity contribution in [2.75, 3.05) is 12.3 Å². The first-order chi connectivity index (χ1) is 24.5. The SMILES string of the molecule is BrP(CCCCCCCCCCP(Br)(c1ccccc1)(c1ccccc1)c1ccccc1)(c1ccccc1)(c1ccccc1)c1ccccc1. The van der Waals surface area contributed by atoms with Crippen LogP contribution in [0.4, 0.5) is 0 Å². The van der Waals surface area contributed by atoms with Crippen LogP contribution >= 0.6 is 41.6 Å². The van der Waals surface area contributed by atoms with Gasteiger partial charge in [-0.2, -0.15) is 0 Å². The van der Waals surface area contributed by atoms with Crippen LogP contribution in [0.3, 0.4) is 0 Å². The molecule has 0 aromatic heterocycles. The summed E-state index contributed by atoms with van der Waals surface area (Å²) in [6.45, 7) is 0. The molecule has 0 unspecified atom stereocenters. The van der Waals surface area contributed by atoms with Gasteiger partial charge in [-0.05, 0) is 0 Å². The Bertz CT molecular complexity index is 1540. The van der Waals surface area contributed by atoms with E-state index in [0.717, 1.165) is 12.3 Å². The van der Waals surface area contributed by atoms with Gasteiger partial charge in [0.05, 0.1) is 0 Å². The van der Waals surface area contributed by atoms with Crippen LogP contribution in [0.5, 0.6) is 0 Å². The predicted molar refractivity (Wildman–Crippen MR) is 235 cm³/mol. The summed E-state index contributed by atoms with van der Waals surface area (Å²) in [5.41, 5.74) is 0. The monoisotopic (exact) mass is 822 g/mol. The molecule has 0 atom stereocenters. The molecular formula is C46H50Br2P2. The first kappa shape index (κ1) is 36.9. The second-order valence-corrected chi connectivity index (χ2v) is 31.8. The summed E-state index contributed by atoms with van der Waals surface area (Å²) >= 11 is 9.26. The van der Waals surface area contributed by atoms with Gasteiger partial charge in [0.1, 0.15) is 0 Å². The standard InChI is InChI=1S/C46H50Br2P2/c47-49(41-27-13-7-14-28-41,42-29-15-8-16-30-42,43-31-17-9-18-32-43)39-25-5-3-1-2-4-6-26-40-50(48,44-33-19-10-20-34-44,45-35-21-11-22-36-45)46-37-23-12-24-38-46/h7-24,27-38H,1-6,25-26,39-40H2. The zero-order chi connectivity index (χ0) is 34.6. The maximum absolute atomic E-state index is 4.63. The van der Waals surface area contributed by atoms with E-state index in [0.29, 0.717) is 0 Å². The zero-order valence-electron chi connectivity index (χ0n) is 29.0. The van der Waals surface area contributed by atoms with Crippen LogP contribution in [0.2, 0.25) is 0 Å². The van der Waals surface area contributed by atoms with Crippen molar-refractivity contribution in [2.45, 2.75) is 51.4 Å². The van der Waals surface area contributed by atoms with Crippen LogP contribution < -0.4 is 31.8 Å². The Morgan fingerprint density at radius 1 is 0.240 bits per heavy atom. The van der Waals surface area contributed by atoms with E-state index in [-0.39, 0.29) is 0 Å². The second-order valence-electron chi connectivity index (χ2n) is 13.7. The molecule has 0 bridgehead atoms. The average molecular weight is 825 g/mol. The molecule has 4 heteroatoms. The molecule has 0 spiro atoms. The van der Waals surface area contributed by atoms with Crippen molar-refractivity contribution in [2.24, 2.45) is 0 Å². The van der Waals surface area contributed by atoms with Gasteiger partial charge in [-0.1, -0.05) is 0 Å². The van der Waals surface area contributed by atoms with Gasteiger partial charge in [0.15, 0.2) is 0 Å². The average Bonchev–Trinajstić information content (AvgIpc) is 3.20. The van der Waals surface area contributed by atoms with Crippen molar-refractivity contribution in [3.63, 3.8) is 0 Å². The predicted octanol–water partition coefficient (Wildman–Crippen LogP) is 11.8. The van der Waals surface area contributed by atoms with Gasteiger partial charge in [0, 0.05) is 0 Å². The molecule has 0 saturated heterocycles. The van der Waals surface area contributed by atoms with E-state index in [4.69, 9.17) is 0 Å². The fourth-order valence-electron chi connectivity index (χ4n) is 7.98. The molecule has 0 amide bonds. The summed E-state index contributed by atoms with van der Waals surface area (Å²) in [5.74, 6) is 0. The Hall–Kier alpha value is -2.86. The van der Waals surface area contributed by atoms with Crippen LogP contribution in [0, 0.1) is 0 Å². The van der Waals surface area contributed by atoms with E-state index in [1.165, 1.54) is 83.2 Å². The van der Waals surface area contributed by atoms with Crippen LogP contribution in [0.15, 0.2) is 182 Å². The van der Waals surface area contributed by atoms with E-state index in [9.17, 15) is 0 Å². The van der Waals surface area contributed by atoms with Crippen LogP contribution in [-0.2, 0) is 0 Å². The van der Waals surface area contributed by atoms with E-state index >= 15 is 0 Å². The van der Waals surface area contributed by atoms with E-state index in [1.807, 2.05) is 0 Å².